The van der Waals surface area contributed by atoms with Gasteiger partial charge >= 0.3 is 0 Å². The van der Waals surface area contributed by atoms with Crippen molar-refractivity contribution >= 4 is 17.8 Å². The lowest BCUT2D eigenvalue weighted by molar-refractivity contribution is -0.231. The second-order valence-corrected chi connectivity index (χ2v) is 15.7. The van der Waals surface area contributed by atoms with Crippen LogP contribution in [0.2, 0.25) is 0 Å². The number of ether oxygens (including phenoxy) is 1. The Morgan fingerprint density at radius 2 is 1.63 bits per heavy atom. The van der Waals surface area contributed by atoms with Crippen LogP contribution in [0.15, 0.2) is 36.4 Å². The third-order valence-electron chi connectivity index (χ3n) is 10.4. The number of aryl methyl sites for hydroxylation is 2. The lowest BCUT2D eigenvalue weighted by Gasteiger charge is -2.41. The molecule has 0 bridgehead atoms. The SMILES string of the molecule is Cc1cc(/C=C/C(C)(C)C(=O)CC(C)(C)C(=O)NC2CCNCC2)ccc1Cc1cc([C@@H]2O[C@H](CO)[C@H](O)[C@H](O)[C@@H]2O)c(C)cc1C(C)C. The van der Waals surface area contributed by atoms with Gasteiger partial charge in [0.05, 0.1) is 12.0 Å². The third kappa shape index (κ3) is 9.25. The summed E-state index contributed by atoms with van der Waals surface area (Å²) < 4.78 is 5.92. The van der Waals surface area contributed by atoms with E-state index < -0.39 is 48.0 Å². The van der Waals surface area contributed by atoms with Crippen molar-refractivity contribution < 1.29 is 34.8 Å². The van der Waals surface area contributed by atoms with Crippen LogP contribution in [0.5, 0.6) is 0 Å². The summed E-state index contributed by atoms with van der Waals surface area (Å²) in [6.45, 7) is 17.1. The zero-order chi connectivity index (χ0) is 36.3. The van der Waals surface area contributed by atoms with Crippen LogP contribution < -0.4 is 10.6 Å². The maximum absolute atomic E-state index is 13.5. The van der Waals surface area contributed by atoms with Crippen LogP contribution in [0.3, 0.4) is 0 Å². The predicted molar refractivity (Wildman–Crippen MR) is 192 cm³/mol. The van der Waals surface area contributed by atoms with Crippen molar-refractivity contribution in [3.05, 3.63) is 75.4 Å². The molecule has 2 aromatic carbocycles. The normalized spacial score (nSPS) is 24.1. The fraction of sp³-hybridized carbons (Fsp3) is 0.600. The summed E-state index contributed by atoms with van der Waals surface area (Å²) in [5, 5.41) is 47.8. The molecule has 0 aliphatic carbocycles. The van der Waals surface area contributed by atoms with Crippen molar-refractivity contribution in [3.8, 4) is 0 Å². The molecule has 49 heavy (non-hydrogen) atoms. The van der Waals surface area contributed by atoms with E-state index in [1.807, 2.05) is 58.9 Å². The Balaban J connectivity index is 1.49. The molecule has 0 radical (unpaired) electrons. The van der Waals surface area contributed by atoms with Crippen molar-refractivity contribution in [1.82, 2.24) is 10.6 Å². The minimum absolute atomic E-state index is 0.0124. The highest BCUT2D eigenvalue weighted by Crippen LogP contribution is 2.37. The number of Topliss-reactive ketones (excluding diaryl/α,β-unsaturated/α-hetero) is 1. The monoisotopic (exact) mass is 678 g/mol. The first-order valence-corrected chi connectivity index (χ1v) is 17.7. The molecule has 2 aromatic rings. The fourth-order valence-electron chi connectivity index (χ4n) is 6.83. The second kappa shape index (κ2) is 16.0. The van der Waals surface area contributed by atoms with Gasteiger partial charge in [-0.25, -0.2) is 0 Å². The molecule has 270 valence electrons. The Kier molecular flexibility index (Phi) is 12.7. The van der Waals surface area contributed by atoms with E-state index in [4.69, 9.17) is 4.74 Å². The molecule has 9 heteroatoms. The number of allylic oxidation sites excluding steroid dienone is 1. The quantitative estimate of drug-likeness (QED) is 0.193. The smallest absolute Gasteiger partial charge is 0.226 e. The van der Waals surface area contributed by atoms with Crippen LogP contribution in [-0.2, 0) is 20.7 Å². The Morgan fingerprint density at radius 3 is 2.24 bits per heavy atom. The number of aliphatic hydroxyl groups excluding tert-OH is 4. The first-order chi connectivity index (χ1) is 22.9. The van der Waals surface area contributed by atoms with Gasteiger partial charge < -0.3 is 35.8 Å². The zero-order valence-corrected chi connectivity index (χ0v) is 30.5. The highest BCUT2D eigenvalue weighted by atomic mass is 16.5. The fourth-order valence-corrected chi connectivity index (χ4v) is 6.83. The summed E-state index contributed by atoms with van der Waals surface area (Å²) in [6.07, 6.45) is 0.401. The molecule has 5 atom stereocenters. The number of rotatable bonds is 12. The lowest BCUT2D eigenvalue weighted by Crippen LogP contribution is -2.55. The summed E-state index contributed by atoms with van der Waals surface area (Å²) in [7, 11) is 0. The van der Waals surface area contributed by atoms with Crippen LogP contribution in [0.1, 0.15) is 112 Å². The Morgan fingerprint density at radius 1 is 0.959 bits per heavy atom. The minimum Gasteiger partial charge on any atom is -0.394 e. The van der Waals surface area contributed by atoms with E-state index in [1.165, 1.54) is 5.56 Å². The topological polar surface area (TPSA) is 148 Å². The molecule has 0 spiro atoms. The van der Waals surface area contributed by atoms with Gasteiger partial charge in [-0.15, -0.1) is 0 Å². The molecular formula is C40H58N2O7. The Labute approximate surface area is 292 Å². The average Bonchev–Trinajstić information content (AvgIpc) is 3.05. The molecule has 2 aliphatic rings. The molecule has 4 rings (SSSR count). The molecule has 2 heterocycles. The van der Waals surface area contributed by atoms with E-state index in [0.717, 1.165) is 53.7 Å². The van der Waals surface area contributed by atoms with Crippen LogP contribution in [-0.4, -0.2) is 82.3 Å². The molecular weight excluding hydrogens is 620 g/mol. The van der Waals surface area contributed by atoms with Crippen molar-refractivity contribution in [3.63, 3.8) is 0 Å². The average molecular weight is 679 g/mol. The number of carbonyl (C=O) groups excluding carboxylic acids is 2. The zero-order valence-electron chi connectivity index (χ0n) is 30.5. The third-order valence-corrected chi connectivity index (χ3v) is 10.4. The summed E-state index contributed by atoms with van der Waals surface area (Å²) in [5.41, 5.74) is 5.47. The van der Waals surface area contributed by atoms with Gasteiger partial charge in [-0.2, -0.15) is 0 Å². The van der Waals surface area contributed by atoms with E-state index in [2.05, 4.69) is 49.6 Å². The first kappa shape index (κ1) is 38.9. The highest BCUT2D eigenvalue weighted by molar-refractivity contribution is 5.93. The van der Waals surface area contributed by atoms with Crippen molar-refractivity contribution in [2.24, 2.45) is 10.8 Å². The van der Waals surface area contributed by atoms with Gasteiger partial charge in [-0.1, -0.05) is 70.2 Å². The van der Waals surface area contributed by atoms with Gasteiger partial charge in [0.25, 0.3) is 0 Å². The van der Waals surface area contributed by atoms with E-state index in [-0.39, 0.29) is 30.1 Å². The Hall–Kier alpha value is -2.92. The summed E-state index contributed by atoms with van der Waals surface area (Å²) in [6, 6.07) is 10.5. The van der Waals surface area contributed by atoms with Gasteiger partial charge in [0, 0.05) is 17.9 Å². The largest absolute Gasteiger partial charge is 0.394 e. The maximum atomic E-state index is 13.5. The number of nitrogens with one attached hydrogen (secondary N) is 2. The van der Waals surface area contributed by atoms with Gasteiger partial charge in [0.1, 0.15) is 36.3 Å². The number of carbonyl (C=O) groups is 2. The maximum Gasteiger partial charge on any atom is 0.226 e. The van der Waals surface area contributed by atoms with E-state index >= 15 is 0 Å². The van der Waals surface area contributed by atoms with Crippen LogP contribution in [0.25, 0.3) is 6.08 Å². The molecule has 0 saturated carbocycles. The predicted octanol–water partition coefficient (Wildman–Crippen LogP) is 4.43. The number of benzene rings is 2. The molecule has 9 nitrogen and oxygen atoms in total. The van der Waals surface area contributed by atoms with E-state index in [9.17, 15) is 30.0 Å². The molecule has 2 fully saturated rings. The minimum atomic E-state index is -1.44. The van der Waals surface area contributed by atoms with Gasteiger partial charge in [-0.05, 0) is 105 Å². The van der Waals surface area contributed by atoms with Crippen LogP contribution in [0.4, 0.5) is 0 Å². The number of aliphatic hydroxyl groups is 4. The number of piperidine rings is 1. The van der Waals surface area contributed by atoms with Crippen LogP contribution >= 0.6 is 0 Å². The number of hydrogen-bond acceptors (Lipinski definition) is 8. The van der Waals surface area contributed by atoms with Gasteiger partial charge in [-0.3, -0.25) is 9.59 Å². The molecule has 0 aromatic heterocycles. The van der Waals surface area contributed by atoms with Crippen molar-refractivity contribution in [2.75, 3.05) is 19.7 Å². The standard InChI is InChI=1S/C40H58N2O7/c1-23(2)30-18-25(4)31(37-36(47)35(46)34(45)32(22-43)49-37)20-28(30)19-27-10-9-26(17-24(27)3)11-14-39(5,6)33(44)21-40(7,8)38(48)42-29-12-15-41-16-13-29/h9-11,14,17-18,20,23,29,32,34-37,41,43,45-47H,12-13,15-16,19,21-22H2,1-8H3,(H,42,48)/b14-11+/t32-,34+,35+,36+,37+/m1/s1. The molecule has 2 aliphatic heterocycles. The Bertz CT molecular complexity index is 1510. The van der Waals surface area contributed by atoms with Crippen molar-refractivity contribution in [2.45, 2.75) is 124 Å². The molecule has 2 saturated heterocycles. The lowest BCUT2D eigenvalue weighted by atomic mass is 9.77. The summed E-state index contributed by atoms with van der Waals surface area (Å²) in [4.78, 5) is 26.5. The molecule has 0 unspecified atom stereocenters. The van der Waals surface area contributed by atoms with Crippen LogP contribution in [0, 0.1) is 24.7 Å². The highest BCUT2D eigenvalue weighted by Gasteiger charge is 2.44. The van der Waals surface area contributed by atoms with E-state index in [1.54, 1.807) is 0 Å². The number of amides is 1. The molecule has 1 amide bonds. The molecule has 6 N–H and O–H groups in total. The number of ketones is 1. The van der Waals surface area contributed by atoms with Gasteiger partial charge in [0.15, 0.2) is 0 Å². The summed E-state index contributed by atoms with van der Waals surface area (Å²) >= 11 is 0. The summed E-state index contributed by atoms with van der Waals surface area (Å²) in [5.74, 6) is 0.173. The van der Waals surface area contributed by atoms with E-state index in [0.29, 0.717) is 12.0 Å². The van der Waals surface area contributed by atoms with Crippen molar-refractivity contribution in [1.29, 1.82) is 0 Å². The second-order valence-electron chi connectivity index (χ2n) is 15.7. The number of hydrogen-bond donors (Lipinski definition) is 6. The first-order valence-electron chi connectivity index (χ1n) is 17.7. The van der Waals surface area contributed by atoms with Gasteiger partial charge in [0.2, 0.25) is 5.91 Å².